The van der Waals surface area contributed by atoms with Crippen molar-refractivity contribution in [2.45, 2.75) is 37.7 Å². The summed E-state index contributed by atoms with van der Waals surface area (Å²) < 4.78 is 14.0. The van der Waals surface area contributed by atoms with Crippen molar-refractivity contribution in [3.05, 3.63) is 70.0 Å². The average Bonchev–Trinajstić information content (AvgIpc) is 2.50. The van der Waals surface area contributed by atoms with Crippen LogP contribution in [0.1, 0.15) is 48.0 Å². The summed E-state index contributed by atoms with van der Waals surface area (Å²) in [5.41, 5.74) is 2.95. The molecule has 0 spiro atoms. The third-order valence-electron chi connectivity index (χ3n) is 4.34. The third-order valence-corrected chi connectivity index (χ3v) is 4.63. The van der Waals surface area contributed by atoms with Crippen molar-refractivity contribution in [3.8, 4) is 0 Å². The normalized spacial score (nSPS) is 19.1. The molecule has 0 saturated carbocycles. The van der Waals surface area contributed by atoms with E-state index in [1.54, 1.807) is 12.1 Å². The zero-order chi connectivity index (χ0) is 14.8. The first-order valence-electron chi connectivity index (χ1n) is 7.36. The van der Waals surface area contributed by atoms with E-state index in [1.165, 1.54) is 17.2 Å². The standard InChI is InChI=1S/C18H18ClFO/c19-16-10-4-9-15(18(16)20)17(21)11-13-7-3-6-12-5-1-2-8-14(12)13/h1-2,4-5,8-10,13,17,21H,3,6-7,11H2. The van der Waals surface area contributed by atoms with E-state index in [9.17, 15) is 9.50 Å². The molecule has 0 aromatic heterocycles. The minimum absolute atomic E-state index is 0.0654. The van der Waals surface area contributed by atoms with E-state index in [2.05, 4.69) is 12.1 Å². The second kappa shape index (κ2) is 6.17. The molecular weight excluding hydrogens is 287 g/mol. The number of hydrogen-bond donors (Lipinski definition) is 1. The van der Waals surface area contributed by atoms with Gasteiger partial charge in [-0.1, -0.05) is 48.0 Å². The Morgan fingerprint density at radius 3 is 2.86 bits per heavy atom. The Morgan fingerprint density at radius 1 is 1.19 bits per heavy atom. The second-order valence-corrected chi connectivity index (χ2v) is 6.09. The first kappa shape index (κ1) is 14.6. The van der Waals surface area contributed by atoms with Gasteiger partial charge in [-0.25, -0.2) is 4.39 Å². The molecule has 3 rings (SSSR count). The third kappa shape index (κ3) is 2.97. The number of aryl methyl sites for hydroxylation is 1. The molecule has 0 heterocycles. The van der Waals surface area contributed by atoms with Gasteiger partial charge >= 0.3 is 0 Å². The summed E-state index contributed by atoms with van der Waals surface area (Å²) in [6.07, 6.45) is 2.96. The molecule has 2 aromatic rings. The van der Waals surface area contributed by atoms with Crippen molar-refractivity contribution < 1.29 is 9.50 Å². The minimum Gasteiger partial charge on any atom is -0.388 e. The van der Waals surface area contributed by atoms with Crippen LogP contribution in [0.25, 0.3) is 0 Å². The van der Waals surface area contributed by atoms with Crippen LogP contribution in [-0.4, -0.2) is 5.11 Å². The number of benzene rings is 2. The molecule has 2 atom stereocenters. The van der Waals surface area contributed by atoms with Gasteiger partial charge in [0.25, 0.3) is 0 Å². The van der Waals surface area contributed by atoms with E-state index >= 15 is 0 Å². The van der Waals surface area contributed by atoms with Gasteiger partial charge in [0.05, 0.1) is 11.1 Å². The van der Waals surface area contributed by atoms with Crippen LogP contribution in [0.3, 0.4) is 0 Å². The Balaban J connectivity index is 1.83. The van der Waals surface area contributed by atoms with E-state index in [0.29, 0.717) is 12.0 Å². The Kier molecular flexibility index (Phi) is 4.27. The molecule has 0 radical (unpaired) electrons. The van der Waals surface area contributed by atoms with Crippen molar-refractivity contribution in [1.29, 1.82) is 0 Å². The highest BCUT2D eigenvalue weighted by Gasteiger charge is 2.24. The van der Waals surface area contributed by atoms with Crippen LogP contribution in [0.5, 0.6) is 0 Å². The molecule has 0 fully saturated rings. The van der Waals surface area contributed by atoms with Crippen molar-refractivity contribution in [2.75, 3.05) is 0 Å². The van der Waals surface area contributed by atoms with Crippen LogP contribution in [0, 0.1) is 5.82 Å². The van der Waals surface area contributed by atoms with Crippen molar-refractivity contribution in [2.24, 2.45) is 0 Å². The molecule has 1 N–H and O–H groups in total. The van der Waals surface area contributed by atoms with Crippen LogP contribution in [-0.2, 0) is 6.42 Å². The Labute approximate surface area is 129 Å². The Morgan fingerprint density at radius 2 is 2.00 bits per heavy atom. The summed E-state index contributed by atoms with van der Waals surface area (Å²) in [4.78, 5) is 0. The zero-order valence-electron chi connectivity index (χ0n) is 11.7. The fraction of sp³-hybridized carbons (Fsp3) is 0.333. The quantitative estimate of drug-likeness (QED) is 0.844. The molecule has 2 aromatic carbocycles. The largest absolute Gasteiger partial charge is 0.388 e. The number of aliphatic hydroxyl groups is 1. The van der Waals surface area contributed by atoms with Crippen LogP contribution in [0.2, 0.25) is 5.02 Å². The molecule has 21 heavy (non-hydrogen) atoms. The molecule has 0 bridgehead atoms. The Bertz CT molecular complexity index is 641. The molecular formula is C18H18ClFO. The monoisotopic (exact) mass is 304 g/mol. The molecule has 2 unspecified atom stereocenters. The number of rotatable bonds is 3. The molecule has 0 saturated heterocycles. The summed E-state index contributed by atoms with van der Waals surface area (Å²) in [6.45, 7) is 0. The van der Waals surface area contributed by atoms with Gasteiger partial charge in [-0.15, -0.1) is 0 Å². The van der Waals surface area contributed by atoms with Crippen molar-refractivity contribution in [1.82, 2.24) is 0 Å². The summed E-state index contributed by atoms with van der Waals surface area (Å²) in [6, 6.07) is 13.1. The second-order valence-electron chi connectivity index (χ2n) is 5.68. The lowest BCUT2D eigenvalue weighted by atomic mass is 9.79. The highest BCUT2D eigenvalue weighted by molar-refractivity contribution is 6.30. The van der Waals surface area contributed by atoms with Gasteiger partial charge in [0.2, 0.25) is 0 Å². The highest BCUT2D eigenvalue weighted by atomic mass is 35.5. The van der Waals surface area contributed by atoms with Crippen LogP contribution in [0.4, 0.5) is 4.39 Å². The fourth-order valence-corrected chi connectivity index (χ4v) is 3.46. The maximum Gasteiger partial charge on any atom is 0.147 e. The topological polar surface area (TPSA) is 20.2 Å². The van der Waals surface area contributed by atoms with E-state index in [0.717, 1.165) is 19.3 Å². The maximum absolute atomic E-state index is 14.0. The fourth-order valence-electron chi connectivity index (χ4n) is 3.27. The summed E-state index contributed by atoms with van der Waals surface area (Å²) >= 11 is 5.80. The number of fused-ring (bicyclic) bond motifs is 1. The predicted octanol–water partition coefficient (Wildman–Crippen LogP) is 5.02. The number of halogens is 2. The SMILES string of the molecule is OC(CC1CCCc2ccccc21)c1cccc(Cl)c1F. The van der Waals surface area contributed by atoms with Gasteiger partial charge in [0.15, 0.2) is 0 Å². The van der Waals surface area contributed by atoms with Gasteiger partial charge in [-0.3, -0.25) is 0 Å². The lowest BCUT2D eigenvalue weighted by Gasteiger charge is -2.27. The molecule has 1 nitrogen and oxygen atoms in total. The van der Waals surface area contributed by atoms with Crippen LogP contribution < -0.4 is 0 Å². The van der Waals surface area contributed by atoms with Crippen molar-refractivity contribution in [3.63, 3.8) is 0 Å². The van der Waals surface area contributed by atoms with E-state index in [4.69, 9.17) is 11.6 Å². The maximum atomic E-state index is 14.0. The summed E-state index contributed by atoms with van der Waals surface area (Å²) in [5, 5.41) is 10.5. The van der Waals surface area contributed by atoms with Crippen LogP contribution >= 0.6 is 11.6 Å². The average molecular weight is 305 g/mol. The summed E-state index contributed by atoms with van der Waals surface area (Å²) in [5.74, 6) is -0.223. The van der Waals surface area contributed by atoms with Gasteiger partial charge in [0, 0.05) is 5.56 Å². The molecule has 0 aliphatic heterocycles. The highest BCUT2D eigenvalue weighted by Crippen LogP contribution is 2.38. The van der Waals surface area contributed by atoms with Gasteiger partial charge in [-0.2, -0.15) is 0 Å². The minimum atomic E-state index is -0.820. The molecule has 1 aliphatic rings. The predicted molar refractivity (Wildman–Crippen MR) is 83.1 cm³/mol. The molecule has 3 heteroatoms. The lowest BCUT2D eigenvalue weighted by Crippen LogP contribution is -2.13. The molecule has 0 amide bonds. The molecule has 110 valence electrons. The van der Waals surface area contributed by atoms with E-state index in [-0.39, 0.29) is 10.9 Å². The van der Waals surface area contributed by atoms with E-state index in [1.807, 2.05) is 12.1 Å². The van der Waals surface area contributed by atoms with Crippen LogP contribution in [0.15, 0.2) is 42.5 Å². The van der Waals surface area contributed by atoms with Gasteiger partial charge < -0.3 is 5.11 Å². The summed E-state index contributed by atoms with van der Waals surface area (Å²) in [7, 11) is 0. The van der Waals surface area contributed by atoms with Crippen molar-refractivity contribution >= 4 is 11.6 Å². The zero-order valence-corrected chi connectivity index (χ0v) is 12.5. The Hall–Kier alpha value is -1.38. The van der Waals surface area contributed by atoms with Gasteiger partial charge in [-0.05, 0) is 48.8 Å². The van der Waals surface area contributed by atoms with E-state index < -0.39 is 11.9 Å². The molecule has 1 aliphatic carbocycles. The first-order chi connectivity index (χ1) is 10.2. The lowest BCUT2D eigenvalue weighted by molar-refractivity contribution is 0.150. The number of aliphatic hydroxyl groups excluding tert-OH is 1. The number of hydrogen-bond acceptors (Lipinski definition) is 1. The smallest absolute Gasteiger partial charge is 0.147 e. The van der Waals surface area contributed by atoms with Gasteiger partial charge in [0.1, 0.15) is 5.82 Å². The first-order valence-corrected chi connectivity index (χ1v) is 7.74.